The molecular weight excluding hydrogens is 633 g/mol. The number of imidazole rings is 1. The molecule has 1 saturated carbocycles. The van der Waals surface area contributed by atoms with Crippen molar-refractivity contribution >= 4 is 23.2 Å². The van der Waals surface area contributed by atoms with Crippen LogP contribution in [0.15, 0.2) is 54.6 Å². The molecule has 0 aliphatic heterocycles. The predicted octanol–water partition coefficient (Wildman–Crippen LogP) is 6.55. The van der Waals surface area contributed by atoms with Crippen LogP contribution in [0.25, 0.3) is 33.5 Å². The Morgan fingerprint density at radius 1 is 0.979 bits per heavy atom. The molecule has 2 heterocycles. The Hall–Kier alpha value is -5.47. The predicted molar refractivity (Wildman–Crippen MR) is 165 cm³/mol. The lowest BCUT2D eigenvalue weighted by Gasteiger charge is -2.22. The first-order chi connectivity index (χ1) is 23.3. The average molecular weight is 665 g/mol. The number of esters is 1. The summed E-state index contributed by atoms with van der Waals surface area (Å²) in [6.07, 6.45) is 1.95. The van der Waals surface area contributed by atoms with Gasteiger partial charge >= 0.3 is 12.1 Å². The number of rotatable bonds is 11. The van der Waals surface area contributed by atoms with Gasteiger partial charge in [-0.1, -0.05) is 36.8 Å². The lowest BCUT2D eigenvalue weighted by molar-refractivity contribution is -0.0914. The van der Waals surface area contributed by atoms with Crippen molar-refractivity contribution in [3.8, 4) is 28.5 Å². The number of halogens is 3. The zero-order chi connectivity index (χ0) is 33.6. The number of alkyl halides is 1. The van der Waals surface area contributed by atoms with Gasteiger partial charge < -0.3 is 18.9 Å². The smallest absolute Gasteiger partial charge is 0.462 e. The summed E-state index contributed by atoms with van der Waals surface area (Å²) in [6.45, 7) is -0.206. The molecule has 0 saturated heterocycles. The van der Waals surface area contributed by atoms with E-state index in [-0.39, 0.29) is 58.8 Å². The lowest BCUT2D eigenvalue weighted by atomic mass is 9.97. The van der Waals surface area contributed by atoms with E-state index < -0.39 is 36.7 Å². The van der Waals surface area contributed by atoms with Gasteiger partial charge in [0.05, 0.1) is 23.1 Å². The first kappa shape index (κ1) is 32.5. The van der Waals surface area contributed by atoms with Crippen molar-refractivity contribution in [1.82, 2.24) is 30.2 Å². The van der Waals surface area contributed by atoms with Crippen LogP contribution in [0, 0.1) is 11.6 Å². The second-order valence-corrected chi connectivity index (χ2v) is 11.1. The molecule has 3 aromatic carbocycles. The van der Waals surface area contributed by atoms with E-state index in [0.29, 0.717) is 11.1 Å². The van der Waals surface area contributed by atoms with E-state index >= 15 is 8.78 Å². The van der Waals surface area contributed by atoms with E-state index in [1.807, 2.05) is 0 Å². The van der Waals surface area contributed by atoms with E-state index in [4.69, 9.17) is 18.9 Å². The second-order valence-electron chi connectivity index (χ2n) is 11.1. The van der Waals surface area contributed by atoms with E-state index in [1.165, 1.54) is 23.6 Å². The molecule has 15 heteroatoms. The molecule has 1 unspecified atom stereocenters. The van der Waals surface area contributed by atoms with Gasteiger partial charge in [-0.3, -0.25) is 4.57 Å². The number of H-pyrrole nitrogens is 1. The summed E-state index contributed by atoms with van der Waals surface area (Å²) in [5, 5.41) is 13.8. The Balaban J connectivity index is 1.29. The number of ether oxygens (including phenoxy) is 4. The SMILES string of the molecule is CC(OC(=O)OC1CCCCC1)OC(=O)c1cccc2nc(OCCF)n(Cc3cc(F)c(-c4ccccc4-c4nn[nH]n4)cc3F)c12. The standard InChI is InChI=1S/C33H31F3N6O6/c1-19(47-33(44)48-21-8-3-2-4-9-21)46-31(43)24-12-7-13-28-29(24)42(32(37-28)45-15-14-34)18-20-16-27(36)25(17-26(20)35)22-10-5-6-11-23(22)30-38-40-41-39-30/h5-7,10-13,16-17,19,21H,2-4,8-9,14-15,18H2,1H3,(H,38,39,40,41). The fraction of sp³-hybridized carbons (Fsp3) is 0.333. The Labute approximate surface area is 272 Å². The molecule has 250 valence electrons. The number of fused-ring (bicyclic) bond motifs is 1. The first-order valence-electron chi connectivity index (χ1n) is 15.4. The van der Waals surface area contributed by atoms with Crippen LogP contribution in [0.1, 0.15) is 54.9 Å². The molecule has 12 nitrogen and oxygen atoms in total. The number of hydrogen-bond donors (Lipinski definition) is 1. The fourth-order valence-electron chi connectivity index (χ4n) is 5.71. The summed E-state index contributed by atoms with van der Waals surface area (Å²) in [7, 11) is 0. The normalized spacial score (nSPS) is 14.1. The van der Waals surface area contributed by atoms with Gasteiger partial charge in [-0.15, -0.1) is 10.2 Å². The van der Waals surface area contributed by atoms with E-state index in [2.05, 4.69) is 25.6 Å². The number of aromatic amines is 1. The van der Waals surface area contributed by atoms with Gasteiger partial charge in [0.25, 0.3) is 6.01 Å². The molecule has 0 bridgehead atoms. The molecule has 1 N–H and O–H groups in total. The summed E-state index contributed by atoms with van der Waals surface area (Å²) in [5.74, 6) is -2.21. The maximum absolute atomic E-state index is 15.8. The van der Waals surface area contributed by atoms with E-state index in [1.54, 1.807) is 30.3 Å². The van der Waals surface area contributed by atoms with Crippen LogP contribution >= 0.6 is 0 Å². The highest BCUT2D eigenvalue weighted by Crippen LogP contribution is 2.34. The van der Waals surface area contributed by atoms with Crippen molar-refractivity contribution in [2.24, 2.45) is 0 Å². The summed E-state index contributed by atoms with van der Waals surface area (Å²) in [4.78, 5) is 30.0. The minimum Gasteiger partial charge on any atom is -0.462 e. The summed E-state index contributed by atoms with van der Waals surface area (Å²) in [6, 6.07) is 13.1. The highest BCUT2D eigenvalue weighted by molar-refractivity contribution is 6.02. The Morgan fingerprint density at radius 2 is 1.77 bits per heavy atom. The zero-order valence-electron chi connectivity index (χ0n) is 25.8. The topological polar surface area (TPSA) is 143 Å². The summed E-state index contributed by atoms with van der Waals surface area (Å²) < 4.78 is 67.4. The molecule has 1 aliphatic rings. The molecule has 6 rings (SSSR count). The largest absolute Gasteiger partial charge is 0.511 e. The number of hydrogen-bond acceptors (Lipinski definition) is 10. The molecule has 1 atom stereocenters. The average Bonchev–Trinajstić information content (AvgIpc) is 3.74. The lowest BCUT2D eigenvalue weighted by Crippen LogP contribution is -2.26. The summed E-state index contributed by atoms with van der Waals surface area (Å²) >= 11 is 0. The van der Waals surface area contributed by atoms with Gasteiger partial charge in [-0.25, -0.2) is 22.8 Å². The molecule has 2 aromatic heterocycles. The van der Waals surface area contributed by atoms with Crippen molar-refractivity contribution in [2.75, 3.05) is 13.3 Å². The molecule has 0 radical (unpaired) electrons. The maximum Gasteiger partial charge on any atom is 0.511 e. The molecule has 0 amide bonds. The van der Waals surface area contributed by atoms with Crippen molar-refractivity contribution in [1.29, 1.82) is 0 Å². The van der Waals surface area contributed by atoms with Crippen LogP contribution < -0.4 is 4.74 Å². The van der Waals surface area contributed by atoms with E-state index in [0.717, 1.165) is 44.2 Å². The summed E-state index contributed by atoms with van der Waals surface area (Å²) in [5.41, 5.74) is 0.992. The van der Waals surface area contributed by atoms with Crippen molar-refractivity contribution in [2.45, 2.75) is 58.0 Å². The van der Waals surface area contributed by atoms with E-state index in [9.17, 15) is 14.0 Å². The van der Waals surface area contributed by atoms with Crippen LogP contribution in [0.2, 0.25) is 0 Å². The number of benzene rings is 3. The van der Waals surface area contributed by atoms with Crippen molar-refractivity contribution < 1.29 is 41.7 Å². The van der Waals surface area contributed by atoms with Crippen LogP contribution in [-0.4, -0.2) is 68.0 Å². The first-order valence-corrected chi connectivity index (χ1v) is 15.4. The van der Waals surface area contributed by atoms with Crippen molar-refractivity contribution in [3.63, 3.8) is 0 Å². The van der Waals surface area contributed by atoms with Crippen LogP contribution in [0.5, 0.6) is 6.01 Å². The quantitative estimate of drug-likeness (QED) is 0.122. The number of carbonyl (C=O) groups excluding carboxylic acids is 2. The highest BCUT2D eigenvalue weighted by atomic mass is 19.1. The number of nitrogens with zero attached hydrogens (tertiary/aromatic N) is 5. The molecule has 1 aliphatic carbocycles. The maximum atomic E-state index is 15.8. The third-order valence-electron chi connectivity index (χ3n) is 7.88. The monoisotopic (exact) mass is 664 g/mol. The number of tetrazole rings is 1. The molecule has 5 aromatic rings. The fourth-order valence-corrected chi connectivity index (χ4v) is 5.71. The molecule has 0 spiro atoms. The van der Waals surface area contributed by atoms with Gasteiger partial charge in [0.1, 0.15) is 31.0 Å². The third-order valence-corrected chi connectivity index (χ3v) is 7.88. The number of aromatic nitrogens is 6. The number of para-hydroxylation sites is 1. The number of carbonyl (C=O) groups is 2. The van der Waals surface area contributed by atoms with Crippen LogP contribution in [0.4, 0.5) is 18.0 Å². The Bertz CT molecular complexity index is 1910. The molecule has 1 fully saturated rings. The Morgan fingerprint density at radius 3 is 2.52 bits per heavy atom. The zero-order valence-corrected chi connectivity index (χ0v) is 25.8. The van der Waals surface area contributed by atoms with Gasteiger partial charge in [0.15, 0.2) is 0 Å². The third kappa shape index (κ3) is 7.09. The molecular formula is C33H31F3N6O6. The Kier molecular flexibility index (Phi) is 9.83. The second kappa shape index (κ2) is 14.5. The van der Waals surface area contributed by atoms with Gasteiger partial charge in [0, 0.05) is 23.6 Å². The van der Waals surface area contributed by atoms with Crippen molar-refractivity contribution in [3.05, 3.63) is 77.4 Å². The number of nitrogens with one attached hydrogen (secondary N) is 1. The van der Waals surface area contributed by atoms with Gasteiger partial charge in [-0.05, 0) is 60.7 Å². The van der Waals surface area contributed by atoms with Crippen LogP contribution in [-0.2, 0) is 20.8 Å². The minimum absolute atomic E-state index is 0.0299. The minimum atomic E-state index is -1.31. The van der Waals surface area contributed by atoms with Crippen LogP contribution in [0.3, 0.4) is 0 Å². The molecule has 48 heavy (non-hydrogen) atoms. The van der Waals surface area contributed by atoms with Gasteiger partial charge in [0.2, 0.25) is 12.1 Å². The van der Waals surface area contributed by atoms with Gasteiger partial charge in [-0.2, -0.15) is 10.2 Å². The highest BCUT2D eigenvalue weighted by Gasteiger charge is 2.26.